The van der Waals surface area contributed by atoms with E-state index in [-0.39, 0.29) is 0 Å². The summed E-state index contributed by atoms with van der Waals surface area (Å²) in [6, 6.07) is 0. The predicted molar refractivity (Wildman–Crippen MR) is 90.0 cm³/mol. The number of hydrogen-bond acceptors (Lipinski definition) is 5. The van der Waals surface area contributed by atoms with Gasteiger partial charge in [0.05, 0.1) is 15.6 Å². The third-order valence-electron chi connectivity index (χ3n) is 5.55. The van der Waals surface area contributed by atoms with Crippen LogP contribution in [0.2, 0.25) is 0 Å². The Morgan fingerprint density at radius 1 is 0.708 bits per heavy atom. The van der Waals surface area contributed by atoms with E-state index in [1.54, 1.807) is 0 Å². The Morgan fingerprint density at radius 3 is 1.29 bits per heavy atom. The molecule has 0 amide bonds. The second kappa shape index (κ2) is 7.19. The molecule has 7 nitrogen and oxygen atoms in total. The zero-order valence-electron chi connectivity index (χ0n) is 13.9. The largest absolute Gasteiger partial charge is 0.393 e. The maximum absolute atomic E-state index is 11.2. The van der Waals surface area contributed by atoms with Gasteiger partial charge in [-0.05, 0) is 51.4 Å². The molecule has 0 bridgehead atoms. The molecule has 0 aromatic carbocycles. The Labute approximate surface area is 144 Å². The van der Waals surface area contributed by atoms with Gasteiger partial charge in [-0.25, -0.2) is 0 Å². The third-order valence-corrected chi connectivity index (χ3v) is 8.96. The monoisotopic (exact) mass is 384 g/mol. The predicted octanol–water partition coefficient (Wildman–Crippen LogP) is 2.31. The molecule has 3 N–H and O–H groups in total. The van der Waals surface area contributed by atoms with Crippen LogP contribution in [0.25, 0.3) is 0 Å². The van der Waals surface area contributed by atoms with Crippen LogP contribution < -0.4 is 0 Å². The van der Waals surface area contributed by atoms with Crippen molar-refractivity contribution >= 4 is 20.2 Å². The number of aliphatic hydroxyl groups excluding tert-OH is 1. The molecule has 2 fully saturated rings. The number of hydrogen-bond donors (Lipinski definition) is 3. The summed E-state index contributed by atoms with van der Waals surface area (Å²) in [6.07, 6.45) is 6.33. The first-order valence-corrected chi connectivity index (χ1v) is 11.5. The highest BCUT2D eigenvalue weighted by Gasteiger charge is 2.53. The minimum atomic E-state index is -3.96. The summed E-state index contributed by atoms with van der Waals surface area (Å²) < 4.78 is 61.3. The van der Waals surface area contributed by atoms with E-state index in [1.165, 1.54) is 0 Å². The molecule has 24 heavy (non-hydrogen) atoms. The zero-order chi connectivity index (χ0) is 18.1. The van der Waals surface area contributed by atoms with Crippen LogP contribution in [0.3, 0.4) is 0 Å². The van der Waals surface area contributed by atoms with Crippen molar-refractivity contribution in [2.45, 2.75) is 92.6 Å². The highest BCUT2D eigenvalue weighted by Crippen LogP contribution is 2.48. The summed E-state index contributed by atoms with van der Waals surface area (Å²) in [5.41, 5.74) is 0. The van der Waals surface area contributed by atoms with E-state index >= 15 is 0 Å². The lowest BCUT2D eigenvalue weighted by Crippen LogP contribution is -2.22. The van der Waals surface area contributed by atoms with Gasteiger partial charge in [0, 0.05) is 0 Å². The Balaban J connectivity index is 1.54. The lowest BCUT2D eigenvalue weighted by atomic mass is 10.0. The molecule has 0 saturated heterocycles. The fraction of sp³-hybridized carbons (Fsp3) is 1.00. The van der Waals surface area contributed by atoms with Crippen LogP contribution in [0.5, 0.6) is 0 Å². The molecule has 9 heteroatoms. The fourth-order valence-electron chi connectivity index (χ4n) is 3.35. The molecule has 142 valence electrons. The van der Waals surface area contributed by atoms with Crippen LogP contribution >= 0.6 is 0 Å². The Bertz CT molecular complexity index is 575. The summed E-state index contributed by atoms with van der Waals surface area (Å²) in [4.78, 5) is 0. The molecule has 0 radical (unpaired) electrons. The number of unbranched alkanes of at least 4 members (excludes halogenated alkanes) is 2. The van der Waals surface area contributed by atoms with E-state index in [1.807, 2.05) is 0 Å². The van der Waals surface area contributed by atoms with Crippen LogP contribution in [0.15, 0.2) is 0 Å². The quantitative estimate of drug-likeness (QED) is 0.348. The number of rotatable bonds is 12. The van der Waals surface area contributed by atoms with Gasteiger partial charge in [-0.3, -0.25) is 9.11 Å². The first-order chi connectivity index (χ1) is 11.0. The van der Waals surface area contributed by atoms with Crippen LogP contribution in [-0.2, 0) is 20.2 Å². The Kier molecular flexibility index (Phi) is 6.02. The Morgan fingerprint density at radius 2 is 1.04 bits per heavy atom. The molecule has 0 unspecified atom stereocenters. The molecule has 2 rings (SSSR count). The summed E-state index contributed by atoms with van der Waals surface area (Å²) in [5.74, 6) is 0. The lowest BCUT2D eigenvalue weighted by Gasteiger charge is -2.14. The van der Waals surface area contributed by atoms with Gasteiger partial charge in [0.2, 0.25) is 0 Å². The smallest absolute Gasteiger partial charge is 0.270 e. The van der Waals surface area contributed by atoms with E-state index in [0.717, 1.165) is 0 Å². The van der Waals surface area contributed by atoms with Crippen molar-refractivity contribution in [1.29, 1.82) is 0 Å². The zero-order valence-corrected chi connectivity index (χ0v) is 15.5. The molecule has 0 aromatic heterocycles. The van der Waals surface area contributed by atoms with E-state index in [4.69, 9.17) is 9.11 Å². The van der Waals surface area contributed by atoms with Crippen molar-refractivity contribution in [1.82, 2.24) is 0 Å². The Hall–Kier alpha value is -0.220. The normalized spacial score (nSPS) is 21.8. The first kappa shape index (κ1) is 20.1. The minimum absolute atomic E-state index is 0.440. The molecular formula is C15H28O7S2. The van der Waals surface area contributed by atoms with Crippen molar-refractivity contribution in [3.05, 3.63) is 0 Å². The lowest BCUT2D eigenvalue weighted by molar-refractivity contribution is 0.147. The average Bonchev–Trinajstić information content (AvgIpc) is 3.32. The molecule has 2 aliphatic carbocycles. The molecule has 2 aliphatic rings. The van der Waals surface area contributed by atoms with E-state index in [9.17, 15) is 21.9 Å². The first-order valence-electron chi connectivity index (χ1n) is 8.64. The molecule has 2 saturated carbocycles. The van der Waals surface area contributed by atoms with Gasteiger partial charge in [0.1, 0.15) is 0 Å². The van der Waals surface area contributed by atoms with Gasteiger partial charge in [-0.1, -0.05) is 25.7 Å². The van der Waals surface area contributed by atoms with Gasteiger partial charge in [0.15, 0.2) is 0 Å². The van der Waals surface area contributed by atoms with Crippen molar-refractivity contribution in [2.75, 3.05) is 0 Å². The highest BCUT2D eigenvalue weighted by atomic mass is 32.2. The van der Waals surface area contributed by atoms with Crippen molar-refractivity contribution in [3.8, 4) is 0 Å². The van der Waals surface area contributed by atoms with E-state index in [0.29, 0.717) is 77.0 Å². The van der Waals surface area contributed by atoms with Crippen molar-refractivity contribution in [3.63, 3.8) is 0 Å². The van der Waals surface area contributed by atoms with Gasteiger partial charge in [-0.15, -0.1) is 0 Å². The van der Waals surface area contributed by atoms with Crippen LogP contribution in [-0.4, -0.2) is 46.6 Å². The van der Waals surface area contributed by atoms with Crippen LogP contribution in [0, 0.1) is 0 Å². The van der Waals surface area contributed by atoms with Gasteiger partial charge >= 0.3 is 0 Å². The SMILES string of the molecule is O=S(=O)(O)C1(CCCCC(O)CCCCC2(S(=O)(=O)O)CC2)CC1. The highest BCUT2D eigenvalue weighted by molar-refractivity contribution is 7.87. The second-order valence-corrected chi connectivity index (χ2v) is 11.1. The molecule has 0 atom stereocenters. The second-order valence-electron chi connectivity index (χ2n) is 7.46. The fourth-order valence-corrected chi connectivity index (χ4v) is 5.39. The van der Waals surface area contributed by atoms with Gasteiger partial charge in [0.25, 0.3) is 20.2 Å². The molecule has 0 aromatic rings. The summed E-state index contributed by atoms with van der Waals surface area (Å²) >= 11 is 0. The summed E-state index contributed by atoms with van der Waals surface area (Å²) in [7, 11) is -7.92. The van der Waals surface area contributed by atoms with Gasteiger partial charge < -0.3 is 5.11 Å². The molecular weight excluding hydrogens is 356 g/mol. The van der Waals surface area contributed by atoms with Gasteiger partial charge in [-0.2, -0.15) is 16.8 Å². The molecule has 0 heterocycles. The minimum Gasteiger partial charge on any atom is -0.393 e. The van der Waals surface area contributed by atoms with Crippen LogP contribution in [0.4, 0.5) is 0 Å². The topological polar surface area (TPSA) is 129 Å². The molecule has 0 spiro atoms. The maximum atomic E-state index is 11.2. The standard InChI is InChI=1S/C15H28O7S2/c16-13(5-1-3-7-14(9-10-14)23(17,18)19)6-2-4-8-15(11-12-15)24(20,21)22/h13,16H,1-12H2,(H,17,18,19)(H,20,21,22). The van der Waals surface area contributed by atoms with Crippen LogP contribution in [0.1, 0.15) is 77.0 Å². The summed E-state index contributed by atoms with van der Waals surface area (Å²) in [5, 5.41) is 9.92. The average molecular weight is 385 g/mol. The van der Waals surface area contributed by atoms with E-state index < -0.39 is 35.8 Å². The van der Waals surface area contributed by atoms with E-state index in [2.05, 4.69) is 0 Å². The summed E-state index contributed by atoms with van der Waals surface area (Å²) in [6.45, 7) is 0. The molecule has 0 aliphatic heterocycles. The third kappa shape index (κ3) is 4.91. The van der Waals surface area contributed by atoms with Crippen molar-refractivity contribution < 1.29 is 31.0 Å². The number of aliphatic hydroxyl groups is 1. The van der Waals surface area contributed by atoms with Crippen molar-refractivity contribution in [2.24, 2.45) is 0 Å². The maximum Gasteiger partial charge on any atom is 0.270 e.